The van der Waals surface area contributed by atoms with Crippen LogP contribution < -0.4 is 10.3 Å². The first-order valence-corrected chi connectivity index (χ1v) is 11.2. The summed E-state index contributed by atoms with van der Waals surface area (Å²) >= 11 is 4.84. The van der Waals surface area contributed by atoms with Crippen LogP contribution in [0.15, 0.2) is 69.5 Å². The first-order valence-electron chi connectivity index (χ1n) is 9.57. The number of ether oxygens (including phenoxy) is 1. The third-order valence-electron chi connectivity index (χ3n) is 4.83. The van der Waals surface area contributed by atoms with Crippen molar-refractivity contribution in [3.63, 3.8) is 0 Å². The van der Waals surface area contributed by atoms with Gasteiger partial charge in [0.1, 0.15) is 23.3 Å². The fourth-order valence-electron chi connectivity index (χ4n) is 3.20. The van der Waals surface area contributed by atoms with Gasteiger partial charge < -0.3 is 9.84 Å². The van der Waals surface area contributed by atoms with Gasteiger partial charge in [0.15, 0.2) is 5.78 Å². The average molecular weight is 499 g/mol. The van der Waals surface area contributed by atoms with Gasteiger partial charge in [-0.15, -0.1) is 11.3 Å². The number of thiophene rings is 1. The topological polar surface area (TPSA) is 81.4 Å². The molecule has 31 heavy (non-hydrogen) atoms. The zero-order valence-corrected chi connectivity index (χ0v) is 19.0. The van der Waals surface area contributed by atoms with Gasteiger partial charge in [0.25, 0.3) is 5.56 Å². The maximum absolute atomic E-state index is 13.1. The molecular formula is C23H19BrN2O4S. The number of benzene rings is 2. The monoisotopic (exact) mass is 498 g/mol. The second-order valence-electron chi connectivity index (χ2n) is 7.08. The molecule has 0 aliphatic heterocycles. The fourth-order valence-corrected chi connectivity index (χ4v) is 4.37. The predicted molar refractivity (Wildman–Crippen MR) is 125 cm³/mol. The molecule has 0 spiro atoms. The second-order valence-corrected chi connectivity index (χ2v) is 8.86. The Labute approximate surface area is 190 Å². The standard InChI is InChI=1S/C23H19BrN2O4S/c1-14(27)15-4-8-19(9-5-15)30-11-18(28)10-26-13-25-22-21(23(26)29)20(12-31-22)16-2-6-17(24)7-3-16/h2-9,12-13,18,28H,10-11H2,1H3/t18-/m0/s1. The van der Waals surface area contributed by atoms with Crippen molar-refractivity contribution in [2.24, 2.45) is 0 Å². The van der Waals surface area contributed by atoms with Crippen LogP contribution in [0.3, 0.4) is 0 Å². The summed E-state index contributed by atoms with van der Waals surface area (Å²) in [5.41, 5.74) is 2.16. The average Bonchev–Trinajstić information content (AvgIpc) is 3.20. The van der Waals surface area contributed by atoms with Crippen molar-refractivity contribution < 1.29 is 14.6 Å². The molecule has 6 nitrogen and oxygen atoms in total. The number of ketones is 1. The highest BCUT2D eigenvalue weighted by molar-refractivity contribution is 9.10. The molecule has 4 rings (SSSR count). The number of rotatable bonds is 7. The van der Waals surface area contributed by atoms with Crippen molar-refractivity contribution in [3.8, 4) is 16.9 Å². The normalized spacial score (nSPS) is 12.1. The molecule has 0 saturated carbocycles. The lowest BCUT2D eigenvalue weighted by atomic mass is 10.1. The molecule has 158 valence electrons. The maximum Gasteiger partial charge on any atom is 0.262 e. The van der Waals surface area contributed by atoms with Crippen molar-refractivity contribution in [1.29, 1.82) is 0 Å². The van der Waals surface area contributed by atoms with E-state index in [4.69, 9.17) is 4.74 Å². The number of Topliss-reactive ketones (excluding diaryl/α,β-unsaturated/α-hetero) is 1. The quantitative estimate of drug-likeness (QED) is 0.378. The highest BCUT2D eigenvalue weighted by Gasteiger charge is 2.15. The summed E-state index contributed by atoms with van der Waals surface area (Å²) in [6, 6.07) is 14.5. The van der Waals surface area contributed by atoms with E-state index in [1.165, 1.54) is 29.2 Å². The van der Waals surface area contributed by atoms with Crippen molar-refractivity contribution in [2.75, 3.05) is 6.61 Å². The number of carbonyl (C=O) groups is 1. The Morgan fingerprint density at radius 2 is 1.90 bits per heavy atom. The Balaban J connectivity index is 1.51. The molecule has 0 saturated heterocycles. The summed E-state index contributed by atoms with van der Waals surface area (Å²) in [7, 11) is 0. The van der Waals surface area contributed by atoms with E-state index in [2.05, 4.69) is 20.9 Å². The molecule has 0 unspecified atom stereocenters. The van der Waals surface area contributed by atoms with Gasteiger partial charge in [0.2, 0.25) is 0 Å². The Bertz CT molecular complexity index is 1280. The van der Waals surface area contributed by atoms with E-state index in [0.717, 1.165) is 15.6 Å². The smallest absolute Gasteiger partial charge is 0.262 e. The number of halogens is 1. The Morgan fingerprint density at radius 1 is 1.19 bits per heavy atom. The minimum Gasteiger partial charge on any atom is -0.491 e. The van der Waals surface area contributed by atoms with E-state index in [-0.39, 0.29) is 24.5 Å². The fraction of sp³-hybridized carbons (Fsp3) is 0.174. The van der Waals surface area contributed by atoms with Crippen LogP contribution in [0.25, 0.3) is 21.3 Å². The molecule has 1 atom stereocenters. The van der Waals surface area contributed by atoms with Crippen molar-refractivity contribution in [3.05, 3.63) is 80.6 Å². The third-order valence-corrected chi connectivity index (χ3v) is 6.24. The van der Waals surface area contributed by atoms with Crippen molar-refractivity contribution in [2.45, 2.75) is 19.6 Å². The van der Waals surface area contributed by atoms with Crippen LogP contribution in [-0.4, -0.2) is 33.2 Å². The van der Waals surface area contributed by atoms with Gasteiger partial charge >= 0.3 is 0 Å². The predicted octanol–water partition coefficient (Wildman–Crippen LogP) is 4.53. The number of aliphatic hydroxyl groups excluding tert-OH is 1. The van der Waals surface area contributed by atoms with Crippen LogP contribution in [0.5, 0.6) is 5.75 Å². The number of carbonyl (C=O) groups excluding carboxylic acids is 1. The molecule has 4 aromatic rings. The molecule has 2 aromatic carbocycles. The highest BCUT2D eigenvalue weighted by Crippen LogP contribution is 2.31. The van der Waals surface area contributed by atoms with E-state index in [1.807, 2.05) is 29.6 Å². The number of hydrogen-bond acceptors (Lipinski definition) is 6. The Kier molecular flexibility index (Phi) is 6.31. The Hall–Kier alpha value is -2.81. The Morgan fingerprint density at radius 3 is 2.58 bits per heavy atom. The van der Waals surface area contributed by atoms with E-state index in [9.17, 15) is 14.7 Å². The largest absolute Gasteiger partial charge is 0.491 e. The lowest BCUT2D eigenvalue weighted by Crippen LogP contribution is -2.30. The molecule has 8 heteroatoms. The van der Waals surface area contributed by atoms with Gasteiger partial charge in [-0.1, -0.05) is 28.1 Å². The summed E-state index contributed by atoms with van der Waals surface area (Å²) in [5.74, 6) is 0.519. The van der Waals surface area contributed by atoms with Crippen LogP contribution in [0.4, 0.5) is 0 Å². The van der Waals surface area contributed by atoms with Crippen LogP contribution >= 0.6 is 27.3 Å². The van der Waals surface area contributed by atoms with Gasteiger partial charge in [-0.25, -0.2) is 4.98 Å². The first-order chi connectivity index (χ1) is 14.9. The minimum absolute atomic E-state index is 0.00705. The lowest BCUT2D eigenvalue weighted by Gasteiger charge is -2.14. The summed E-state index contributed by atoms with van der Waals surface area (Å²) in [6.45, 7) is 1.56. The number of aliphatic hydroxyl groups is 1. The number of fused-ring (bicyclic) bond motifs is 1. The molecule has 0 amide bonds. The van der Waals surface area contributed by atoms with Gasteiger partial charge in [0, 0.05) is 21.0 Å². The number of aromatic nitrogens is 2. The van der Waals surface area contributed by atoms with Crippen LogP contribution in [0.2, 0.25) is 0 Å². The zero-order chi connectivity index (χ0) is 22.0. The zero-order valence-electron chi connectivity index (χ0n) is 16.6. The van der Waals surface area contributed by atoms with Gasteiger partial charge in [0.05, 0.1) is 18.3 Å². The second kappa shape index (κ2) is 9.13. The molecule has 0 radical (unpaired) electrons. The van der Waals surface area contributed by atoms with Crippen LogP contribution in [0, 0.1) is 0 Å². The highest BCUT2D eigenvalue weighted by atomic mass is 79.9. The summed E-state index contributed by atoms with van der Waals surface area (Å²) in [5, 5.41) is 12.9. The molecular weight excluding hydrogens is 480 g/mol. The van der Waals surface area contributed by atoms with E-state index < -0.39 is 6.10 Å². The number of hydrogen-bond donors (Lipinski definition) is 1. The van der Waals surface area contributed by atoms with Crippen molar-refractivity contribution >= 4 is 43.3 Å². The van der Waals surface area contributed by atoms with E-state index in [0.29, 0.717) is 21.5 Å². The maximum atomic E-state index is 13.1. The van der Waals surface area contributed by atoms with Gasteiger partial charge in [-0.2, -0.15) is 0 Å². The molecule has 0 fully saturated rings. The molecule has 1 N–H and O–H groups in total. The number of nitrogens with zero attached hydrogens (tertiary/aromatic N) is 2. The molecule has 0 bridgehead atoms. The van der Waals surface area contributed by atoms with E-state index >= 15 is 0 Å². The van der Waals surface area contributed by atoms with Gasteiger partial charge in [-0.05, 0) is 48.9 Å². The summed E-state index contributed by atoms with van der Waals surface area (Å²) < 4.78 is 7.96. The lowest BCUT2D eigenvalue weighted by molar-refractivity contribution is 0.0914. The van der Waals surface area contributed by atoms with Crippen LogP contribution in [-0.2, 0) is 6.54 Å². The summed E-state index contributed by atoms with van der Waals surface area (Å²) in [6.07, 6.45) is 0.552. The van der Waals surface area contributed by atoms with Gasteiger partial charge in [-0.3, -0.25) is 14.2 Å². The first kappa shape index (κ1) is 21.4. The summed E-state index contributed by atoms with van der Waals surface area (Å²) in [4.78, 5) is 29.5. The SMILES string of the molecule is CC(=O)c1ccc(OC[C@@H](O)Cn2cnc3scc(-c4ccc(Br)cc4)c3c2=O)cc1. The molecule has 2 heterocycles. The molecule has 0 aliphatic carbocycles. The van der Waals surface area contributed by atoms with Crippen LogP contribution in [0.1, 0.15) is 17.3 Å². The van der Waals surface area contributed by atoms with Crippen molar-refractivity contribution in [1.82, 2.24) is 9.55 Å². The molecule has 0 aliphatic rings. The van der Waals surface area contributed by atoms with E-state index in [1.54, 1.807) is 24.3 Å². The molecule has 2 aromatic heterocycles. The third kappa shape index (κ3) is 4.76. The minimum atomic E-state index is -0.904.